The van der Waals surface area contributed by atoms with Gasteiger partial charge in [0.25, 0.3) is 0 Å². The average Bonchev–Trinajstić information content (AvgIpc) is 3.19. The number of aryl methyl sites for hydroxylation is 1. The molecule has 0 saturated carbocycles. The summed E-state index contributed by atoms with van der Waals surface area (Å²) in [6.07, 6.45) is 4.08. The van der Waals surface area contributed by atoms with E-state index < -0.39 is 0 Å². The third kappa shape index (κ3) is 5.11. The molecule has 5 nitrogen and oxygen atoms in total. The molecular weight excluding hydrogens is 326 g/mol. The van der Waals surface area contributed by atoms with E-state index in [1.54, 1.807) is 6.26 Å². The number of aliphatic imine (C=N–C) groups is 1. The van der Waals surface area contributed by atoms with Crippen LogP contribution in [0.3, 0.4) is 0 Å². The molecule has 0 spiro atoms. The number of hydrogen-bond donors (Lipinski definition) is 2. The number of ether oxygens (including phenoxy) is 1. The molecule has 0 bridgehead atoms. The summed E-state index contributed by atoms with van der Waals surface area (Å²) < 4.78 is 11.5. The molecule has 3 rings (SSSR count). The second-order valence-corrected chi connectivity index (χ2v) is 6.76. The Labute approximate surface area is 155 Å². The number of benzene rings is 1. The summed E-state index contributed by atoms with van der Waals surface area (Å²) in [5.41, 5.74) is 2.54. The van der Waals surface area contributed by atoms with Crippen molar-refractivity contribution < 1.29 is 9.15 Å². The third-order valence-electron chi connectivity index (χ3n) is 4.70. The maximum atomic E-state index is 6.11. The Morgan fingerprint density at radius 3 is 2.77 bits per heavy atom. The second kappa shape index (κ2) is 9.43. The van der Waals surface area contributed by atoms with Crippen LogP contribution in [0, 0.1) is 12.8 Å². The van der Waals surface area contributed by atoms with E-state index in [9.17, 15) is 0 Å². The van der Waals surface area contributed by atoms with Gasteiger partial charge in [-0.25, -0.2) is 4.99 Å². The van der Waals surface area contributed by atoms with Gasteiger partial charge >= 0.3 is 0 Å². The van der Waals surface area contributed by atoms with Gasteiger partial charge in [-0.1, -0.05) is 29.8 Å². The van der Waals surface area contributed by atoms with Gasteiger partial charge in [-0.3, -0.25) is 0 Å². The highest BCUT2D eigenvalue weighted by atomic mass is 16.5. The van der Waals surface area contributed by atoms with Crippen LogP contribution in [0.15, 0.2) is 52.1 Å². The van der Waals surface area contributed by atoms with Crippen molar-refractivity contribution in [2.45, 2.75) is 39.3 Å². The fourth-order valence-electron chi connectivity index (χ4n) is 3.31. The fourth-order valence-corrected chi connectivity index (χ4v) is 3.31. The zero-order valence-electron chi connectivity index (χ0n) is 15.7. The topological polar surface area (TPSA) is 58.8 Å². The molecule has 1 aromatic heterocycles. The normalized spacial score (nSPS) is 20.8. The first-order valence-corrected chi connectivity index (χ1v) is 9.49. The molecule has 140 valence electrons. The van der Waals surface area contributed by atoms with Gasteiger partial charge in [0.2, 0.25) is 0 Å². The van der Waals surface area contributed by atoms with Crippen LogP contribution in [0.25, 0.3) is 0 Å². The number of nitrogens with zero attached hydrogens (tertiary/aromatic N) is 1. The highest BCUT2D eigenvalue weighted by Gasteiger charge is 2.27. The minimum Gasteiger partial charge on any atom is -0.467 e. The molecule has 5 heteroatoms. The Morgan fingerprint density at radius 1 is 1.19 bits per heavy atom. The van der Waals surface area contributed by atoms with Crippen molar-refractivity contribution in [2.24, 2.45) is 10.9 Å². The first-order valence-electron chi connectivity index (χ1n) is 9.49. The lowest BCUT2D eigenvalue weighted by Gasteiger charge is -2.32. The Kier molecular flexibility index (Phi) is 6.72. The summed E-state index contributed by atoms with van der Waals surface area (Å²) in [4.78, 5) is 4.61. The molecule has 0 amide bonds. The molecule has 2 N–H and O–H groups in total. The Hall–Kier alpha value is -2.27. The molecule has 0 radical (unpaired) electrons. The highest BCUT2D eigenvalue weighted by Crippen LogP contribution is 2.33. The van der Waals surface area contributed by atoms with Gasteiger partial charge in [0, 0.05) is 25.6 Å². The van der Waals surface area contributed by atoms with E-state index in [0.717, 1.165) is 44.3 Å². The van der Waals surface area contributed by atoms with Crippen molar-refractivity contribution in [3.63, 3.8) is 0 Å². The van der Waals surface area contributed by atoms with Crippen molar-refractivity contribution >= 4 is 5.96 Å². The van der Waals surface area contributed by atoms with Gasteiger partial charge in [0.15, 0.2) is 5.96 Å². The van der Waals surface area contributed by atoms with Crippen LogP contribution < -0.4 is 10.6 Å². The first-order chi connectivity index (χ1) is 12.8. The molecule has 1 aliphatic heterocycles. The molecule has 1 fully saturated rings. The molecule has 1 saturated heterocycles. The SMILES string of the molecule is CCNC(=NCc1ccco1)NCC1CCCOC1c1ccc(C)cc1. The molecule has 2 aromatic rings. The van der Waals surface area contributed by atoms with Gasteiger partial charge in [-0.05, 0) is 44.4 Å². The van der Waals surface area contributed by atoms with Crippen LogP contribution in [0.4, 0.5) is 0 Å². The van der Waals surface area contributed by atoms with Crippen LogP contribution in [-0.2, 0) is 11.3 Å². The summed E-state index contributed by atoms with van der Waals surface area (Å²) in [6, 6.07) is 12.5. The van der Waals surface area contributed by atoms with E-state index in [4.69, 9.17) is 9.15 Å². The molecule has 2 atom stereocenters. The quantitative estimate of drug-likeness (QED) is 0.611. The lowest BCUT2D eigenvalue weighted by molar-refractivity contribution is -0.0265. The molecular formula is C21H29N3O2. The summed E-state index contributed by atoms with van der Waals surface area (Å²) >= 11 is 0. The fraction of sp³-hybridized carbons (Fsp3) is 0.476. The summed E-state index contributed by atoms with van der Waals surface area (Å²) in [6.45, 7) is 7.22. The molecule has 1 aromatic carbocycles. The zero-order valence-corrected chi connectivity index (χ0v) is 15.7. The van der Waals surface area contributed by atoms with Crippen molar-refractivity contribution in [3.8, 4) is 0 Å². The largest absolute Gasteiger partial charge is 0.467 e. The van der Waals surface area contributed by atoms with Gasteiger partial charge in [0.1, 0.15) is 12.3 Å². The summed E-state index contributed by atoms with van der Waals surface area (Å²) in [7, 11) is 0. The highest BCUT2D eigenvalue weighted by molar-refractivity contribution is 5.79. The van der Waals surface area contributed by atoms with Gasteiger partial charge in [-0.15, -0.1) is 0 Å². The minimum atomic E-state index is 0.143. The van der Waals surface area contributed by atoms with E-state index in [1.807, 2.05) is 12.1 Å². The smallest absolute Gasteiger partial charge is 0.191 e. The maximum Gasteiger partial charge on any atom is 0.191 e. The predicted molar refractivity (Wildman–Crippen MR) is 104 cm³/mol. The zero-order chi connectivity index (χ0) is 18.2. The number of rotatable bonds is 6. The molecule has 2 heterocycles. The van der Waals surface area contributed by atoms with Gasteiger partial charge < -0.3 is 19.8 Å². The van der Waals surface area contributed by atoms with Crippen molar-refractivity contribution in [1.82, 2.24) is 10.6 Å². The monoisotopic (exact) mass is 355 g/mol. The second-order valence-electron chi connectivity index (χ2n) is 6.76. The molecule has 26 heavy (non-hydrogen) atoms. The number of guanidine groups is 1. The Balaban J connectivity index is 1.62. The van der Waals surface area contributed by atoms with Crippen LogP contribution in [0.5, 0.6) is 0 Å². The van der Waals surface area contributed by atoms with Crippen LogP contribution >= 0.6 is 0 Å². The van der Waals surface area contributed by atoms with Crippen LogP contribution in [-0.4, -0.2) is 25.7 Å². The van der Waals surface area contributed by atoms with Crippen molar-refractivity contribution in [3.05, 3.63) is 59.5 Å². The minimum absolute atomic E-state index is 0.143. The third-order valence-corrected chi connectivity index (χ3v) is 4.70. The standard InChI is InChI=1S/C21H29N3O2/c1-3-22-21(24-15-19-7-5-12-25-19)23-14-18-6-4-13-26-20(18)17-10-8-16(2)9-11-17/h5,7-12,18,20H,3-4,6,13-15H2,1-2H3,(H2,22,23,24). The van der Waals surface area contributed by atoms with E-state index in [-0.39, 0.29) is 6.10 Å². The molecule has 1 aliphatic rings. The summed E-state index contributed by atoms with van der Waals surface area (Å²) in [5.74, 6) is 2.11. The van der Waals surface area contributed by atoms with Gasteiger partial charge in [0.05, 0.1) is 12.4 Å². The number of furan rings is 1. The summed E-state index contributed by atoms with van der Waals surface area (Å²) in [5, 5.41) is 6.78. The average molecular weight is 355 g/mol. The number of nitrogens with one attached hydrogen (secondary N) is 2. The van der Waals surface area contributed by atoms with Gasteiger partial charge in [-0.2, -0.15) is 0 Å². The Bertz CT molecular complexity index is 680. The number of hydrogen-bond acceptors (Lipinski definition) is 3. The van der Waals surface area contributed by atoms with Crippen LogP contribution in [0.1, 0.15) is 42.8 Å². The lowest BCUT2D eigenvalue weighted by atomic mass is 9.89. The van der Waals surface area contributed by atoms with E-state index in [2.05, 4.69) is 53.7 Å². The molecule has 2 unspecified atom stereocenters. The van der Waals surface area contributed by atoms with Crippen molar-refractivity contribution in [1.29, 1.82) is 0 Å². The van der Waals surface area contributed by atoms with E-state index in [1.165, 1.54) is 11.1 Å². The first kappa shape index (κ1) is 18.5. The van der Waals surface area contributed by atoms with Crippen LogP contribution in [0.2, 0.25) is 0 Å². The maximum absolute atomic E-state index is 6.11. The lowest BCUT2D eigenvalue weighted by Crippen LogP contribution is -2.42. The molecule has 0 aliphatic carbocycles. The Morgan fingerprint density at radius 2 is 2.04 bits per heavy atom. The van der Waals surface area contributed by atoms with Crippen molar-refractivity contribution in [2.75, 3.05) is 19.7 Å². The van der Waals surface area contributed by atoms with E-state index >= 15 is 0 Å². The predicted octanol–water partition coefficient (Wildman–Crippen LogP) is 3.81. The van der Waals surface area contributed by atoms with E-state index in [0.29, 0.717) is 12.5 Å².